The van der Waals surface area contributed by atoms with Gasteiger partial charge in [0.2, 0.25) is 5.91 Å². The molecule has 1 saturated heterocycles. The summed E-state index contributed by atoms with van der Waals surface area (Å²) in [6.45, 7) is 4.40. The van der Waals surface area contributed by atoms with E-state index in [1.165, 1.54) is 11.8 Å². The third-order valence-corrected chi connectivity index (χ3v) is 6.45. The lowest BCUT2D eigenvalue weighted by Gasteiger charge is -2.14. The van der Waals surface area contributed by atoms with Crippen LogP contribution in [-0.4, -0.2) is 27.6 Å². The lowest BCUT2D eigenvalue weighted by atomic mass is 10.1. The molecule has 7 heteroatoms. The Kier molecular flexibility index (Phi) is 7.11. The van der Waals surface area contributed by atoms with Gasteiger partial charge in [-0.05, 0) is 55.2 Å². The molecule has 2 aromatic carbocycles. The monoisotopic (exact) mass is 444 g/mol. The molecule has 1 aliphatic rings. The van der Waals surface area contributed by atoms with Gasteiger partial charge in [-0.3, -0.25) is 14.5 Å². The summed E-state index contributed by atoms with van der Waals surface area (Å²) in [6, 6.07) is 13.2. The second-order valence-corrected chi connectivity index (χ2v) is 8.84. The zero-order chi connectivity index (χ0) is 21.0. The molecule has 29 heavy (non-hydrogen) atoms. The molecular formula is C22H21ClN2O2S2. The minimum absolute atomic E-state index is 0.0734. The Labute approximate surface area is 185 Å². The molecule has 2 aromatic rings. The second kappa shape index (κ2) is 9.57. The summed E-state index contributed by atoms with van der Waals surface area (Å²) < 4.78 is 0.503. The van der Waals surface area contributed by atoms with Crippen LogP contribution in [-0.2, 0) is 9.59 Å². The molecule has 1 fully saturated rings. The molecule has 0 aliphatic carbocycles. The minimum atomic E-state index is -0.144. The fourth-order valence-corrected chi connectivity index (χ4v) is 4.41. The maximum absolute atomic E-state index is 12.7. The Bertz CT molecular complexity index is 1000. The molecule has 0 bridgehead atoms. The number of carbonyl (C=O) groups is 2. The number of thiocarbonyl (C=S) groups is 1. The first-order chi connectivity index (χ1) is 13.9. The van der Waals surface area contributed by atoms with Gasteiger partial charge in [-0.1, -0.05) is 65.9 Å². The first-order valence-corrected chi connectivity index (χ1v) is 10.8. The quantitative estimate of drug-likeness (QED) is 0.467. The van der Waals surface area contributed by atoms with Crippen LogP contribution in [0.3, 0.4) is 0 Å². The Hall–Kier alpha value is -2.15. The predicted molar refractivity (Wildman–Crippen MR) is 125 cm³/mol. The van der Waals surface area contributed by atoms with E-state index in [1.54, 1.807) is 17.0 Å². The van der Waals surface area contributed by atoms with Crippen LogP contribution in [0.2, 0.25) is 5.02 Å². The van der Waals surface area contributed by atoms with E-state index >= 15 is 0 Å². The van der Waals surface area contributed by atoms with Crippen molar-refractivity contribution >= 4 is 63.5 Å². The molecule has 1 N–H and O–H groups in total. The maximum Gasteiger partial charge on any atom is 0.266 e. The number of hydrogen-bond acceptors (Lipinski definition) is 4. The van der Waals surface area contributed by atoms with E-state index in [9.17, 15) is 9.59 Å². The van der Waals surface area contributed by atoms with Crippen molar-refractivity contribution in [3.8, 4) is 0 Å². The van der Waals surface area contributed by atoms with Crippen LogP contribution in [0.5, 0.6) is 0 Å². The average Bonchev–Trinajstić information content (AvgIpc) is 2.94. The normalized spacial score (nSPS) is 15.3. The molecule has 0 spiro atoms. The highest BCUT2D eigenvalue weighted by Gasteiger charge is 2.31. The standard InChI is InChI=1S/C22H21ClN2O2S2/c1-14-7-5-10-18(15(14)2)24-20(26)11-6-12-25-21(27)19(29-22(25)28)13-16-8-3-4-9-17(16)23/h3-5,7-10,13H,6,11-12H2,1-2H3,(H,24,26). The van der Waals surface area contributed by atoms with Crippen molar-refractivity contribution in [2.75, 3.05) is 11.9 Å². The predicted octanol–water partition coefficient (Wildman–Crippen LogP) is 5.58. The molecule has 2 amide bonds. The van der Waals surface area contributed by atoms with Crippen LogP contribution in [0.1, 0.15) is 29.5 Å². The van der Waals surface area contributed by atoms with Gasteiger partial charge in [0.25, 0.3) is 5.91 Å². The molecule has 0 atom stereocenters. The number of hydrogen-bond donors (Lipinski definition) is 1. The fourth-order valence-electron chi connectivity index (χ4n) is 2.92. The van der Waals surface area contributed by atoms with Gasteiger partial charge < -0.3 is 5.32 Å². The minimum Gasteiger partial charge on any atom is -0.326 e. The lowest BCUT2D eigenvalue weighted by Crippen LogP contribution is -2.29. The highest BCUT2D eigenvalue weighted by molar-refractivity contribution is 8.26. The van der Waals surface area contributed by atoms with E-state index < -0.39 is 0 Å². The third kappa shape index (κ3) is 5.26. The van der Waals surface area contributed by atoms with Gasteiger partial charge in [0.05, 0.1) is 4.91 Å². The Morgan fingerprint density at radius 2 is 1.97 bits per heavy atom. The summed E-state index contributed by atoms with van der Waals surface area (Å²) >= 11 is 12.8. The van der Waals surface area contributed by atoms with Crippen LogP contribution in [0.25, 0.3) is 6.08 Å². The summed E-state index contributed by atoms with van der Waals surface area (Å²) in [4.78, 5) is 27.1. The van der Waals surface area contributed by atoms with Crippen LogP contribution in [0.4, 0.5) is 5.69 Å². The topological polar surface area (TPSA) is 49.4 Å². The van der Waals surface area contributed by atoms with Crippen molar-refractivity contribution in [1.29, 1.82) is 0 Å². The first-order valence-electron chi connectivity index (χ1n) is 9.23. The number of anilines is 1. The van der Waals surface area contributed by atoms with Gasteiger partial charge in [-0.15, -0.1) is 0 Å². The van der Waals surface area contributed by atoms with Crippen LogP contribution < -0.4 is 5.32 Å². The van der Waals surface area contributed by atoms with E-state index in [-0.39, 0.29) is 11.8 Å². The molecule has 1 heterocycles. The number of halogens is 1. The molecule has 0 saturated carbocycles. The number of amides is 2. The van der Waals surface area contributed by atoms with E-state index in [2.05, 4.69) is 5.32 Å². The summed E-state index contributed by atoms with van der Waals surface area (Å²) in [7, 11) is 0. The second-order valence-electron chi connectivity index (χ2n) is 6.75. The summed E-state index contributed by atoms with van der Waals surface area (Å²) in [5.41, 5.74) is 3.79. The molecule has 1 aliphatic heterocycles. The summed E-state index contributed by atoms with van der Waals surface area (Å²) in [5, 5.41) is 3.52. The van der Waals surface area contributed by atoms with Gasteiger partial charge in [0.1, 0.15) is 4.32 Å². The highest BCUT2D eigenvalue weighted by atomic mass is 35.5. The molecule has 0 radical (unpaired) electrons. The molecular weight excluding hydrogens is 424 g/mol. The smallest absolute Gasteiger partial charge is 0.266 e. The van der Waals surface area contributed by atoms with Crippen LogP contribution >= 0.6 is 35.6 Å². The molecule has 0 aromatic heterocycles. The number of benzene rings is 2. The zero-order valence-corrected chi connectivity index (χ0v) is 18.6. The number of nitrogens with zero attached hydrogens (tertiary/aromatic N) is 1. The number of nitrogens with one attached hydrogen (secondary N) is 1. The van der Waals surface area contributed by atoms with Gasteiger partial charge in [0.15, 0.2) is 0 Å². The zero-order valence-electron chi connectivity index (χ0n) is 16.2. The average molecular weight is 445 g/mol. The van der Waals surface area contributed by atoms with Crippen molar-refractivity contribution in [1.82, 2.24) is 4.90 Å². The number of rotatable bonds is 6. The van der Waals surface area contributed by atoms with E-state index in [0.717, 1.165) is 22.4 Å². The van der Waals surface area contributed by atoms with E-state index in [4.69, 9.17) is 23.8 Å². The Balaban J connectivity index is 1.56. The van der Waals surface area contributed by atoms with Gasteiger partial charge >= 0.3 is 0 Å². The van der Waals surface area contributed by atoms with Crippen molar-refractivity contribution in [3.63, 3.8) is 0 Å². The number of thioether (sulfide) groups is 1. The Morgan fingerprint density at radius 1 is 1.21 bits per heavy atom. The largest absolute Gasteiger partial charge is 0.326 e. The molecule has 0 unspecified atom stereocenters. The van der Waals surface area contributed by atoms with E-state index in [1.807, 2.05) is 50.2 Å². The molecule has 4 nitrogen and oxygen atoms in total. The molecule has 150 valence electrons. The van der Waals surface area contributed by atoms with Crippen molar-refractivity contribution < 1.29 is 9.59 Å². The summed E-state index contributed by atoms with van der Waals surface area (Å²) in [5.74, 6) is -0.217. The summed E-state index contributed by atoms with van der Waals surface area (Å²) in [6.07, 6.45) is 2.60. The van der Waals surface area contributed by atoms with Crippen molar-refractivity contribution in [2.24, 2.45) is 0 Å². The van der Waals surface area contributed by atoms with Crippen LogP contribution in [0.15, 0.2) is 47.4 Å². The van der Waals surface area contributed by atoms with E-state index in [0.29, 0.717) is 33.6 Å². The first kappa shape index (κ1) is 21.6. The Morgan fingerprint density at radius 3 is 2.72 bits per heavy atom. The maximum atomic E-state index is 12.7. The van der Waals surface area contributed by atoms with Gasteiger partial charge in [0, 0.05) is 23.7 Å². The SMILES string of the molecule is Cc1cccc(NC(=O)CCCN2C(=O)C(=Cc3ccccc3Cl)SC2=S)c1C. The lowest BCUT2D eigenvalue weighted by molar-refractivity contribution is -0.122. The fraction of sp³-hybridized carbons (Fsp3) is 0.227. The molecule has 3 rings (SSSR count). The number of carbonyl (C=O) groups excluding carboxylic acids is 2. The number of aryl methyl sites for hydroxylation is 1. The van der Waals surface area contributed by atoms with Gasteiger partial charge in [-0.25, -0.2) is 0 Å². The third-order valence-electron chi connectivity index (χ3n) is 4.73. The van der Waals surface area contributed by atoms with Crippen LogP contribution in [0, 0.1) is 13.8 Å². The highest BCUT2D eigenvalue weighted by Crippen LogP contribution is 2.33. The van der Waals surface area contributed by atoms with Crippen molar-refractivity contribution in [2.45, 2.75) is 26.7 Å². The van der Waals surface area contributed by atoms with Gasteiger partial charge in [-0.2, -0.15) is 0 Å². The van der Waals surface area contributed by atoms with Crippen molar-refractivity contribution in [3.05, 3.63) is 69.1 Å².